The quantitative estimate of drug-likeness (QED) is 0.619. The molecule has 0 atom stereocenters. The van der Waals surface area contributed by atoms with E-state index in [-0.39, 0.29) is 22.9 Å². The van der Waals surface area contributed by atoms with Gasteiger partial charge in [-0.15, -0.1) is 11.3 Å². The van der Waals surface area contributed by atoms with Crippen LogP contribution in [0.4, 0.5) is 5.69 Å². The minimum Gasteiger partial charge on any atom is -0.505 e. The van der Waals surface area contributed by atoms with Crippen LogP contribution in [0.3, 0.4) is 0 Å². The number of aromatic hydroxyl groups is 1. The van der Waals surface area contributed by atoms with Crippen LogP contribution in [-0.2, 0) is 13.0 Å². The Bertz CT molecular complexity index is 636. The van der Waals surface area contributed by atoms with Crippen molar-refractivity contribution in [3.63, 3.8) is 0 Å². The third-order valence-corrected chi connectivity index (χ3v) is 4.42. The summed E-state index contributed by atoms with van der Waals surface area (Å²) in [5.74, 6) is -0.287. The fourth-order valence-corrected chi connectivity index (χ4v) is 3.22. The van der Waals surface area contributed by atoms with Gasteiger partial charge in [0.25, 0.3) is 5.91 Å². The average Bonchev–Trinajstić information content (AvgIpc) is 2.88. The summed E-state index contributed by atoms with van der Waals surface area (Å²) in [7, 11) is 0. The molecule has 3 rings (SSSR count). The van der Waals surface area contributed by atoms with E-state index in [9.17, 15) is 9.90 Å². The van der Waals surface area contributed by atoms with Crippen LogP contribution in [0.1, 0.15) is 20.8 Å². The molecule has 0 saturated heterocycles. The SMILES string of the molecule is Nc1cccc(C(=O)N2CCc3sccc3C2)c1O. The Morgan fingerprint density at radius 2 is 2.21 bits per heavy atom. The maximum atomic E-state index is 12.4. The largest absolute Gasteiger partial charge is 0.505 e. The van der Waals surface area contributed by atoms with Crippen LogP contribution in [0.2, 0.25) is 0 Å². The van der Waals surface area contributed by atoms with Crippen LogP contribution >= 0.6 is 11.3 Å². The number of carbonyl (C=O) groups excluding carboxylic acids is 1. The number of anilines is 1. The highest BCUT2D eigenvalue weighted by Crippen LogP contribution is 2.29. The number of benzene rings is 1. The molecule has 0 spiro atoms. The zero-order valence-corrected chi connectivity index (χ0v) is 11.1. The molecule has 0 bridgehead atoms. The van der Waals surface area contributed by atoms with Crippen molar-refractivity contribution in [3.05, 3.63) is 45.6 Å². The molecular formula is C14H14N2O2S. The number of hydrogen-bond acceptors (Lipinski definition) is 4. The Kier molecular flexibility index (Phi) is 2.91. The summed E-state index contributed by atoms with van der Waals surface area (Å²) in [4.78, 5) is 15.5. The maximum Gasteiger partial charge on any atom is 0.258 e. The third kappa shape index (κ3) is 2.06. The van der Waals surface area contributed by atoms with Crippen molar-refractivity contribution < 1.29 is 9.90 Å². The molecular weight excluding hydrogens is 260 g/mol. The van der Waals surface area contributed by atoms with Crippen molar-refractivity contribution in [1.29, 1.82) is 0 Å². The number of nitrogen functional groups attached to an aromatic ring is 1. The topological polar surface area (TPSA) is 66.6 Å². The second kappa shape index (κ2) is 4.59. The molecule has 4 nitrogen and oxygen atoms in total. The number of carbonyl (C=O) groups is 1. The second-order valence-corrected chi connectivity index (χ2v) is 5.59. The van der Waals surface area contributed by atoms with E-state index in [1.165, 1.54) is 10.4 Å². The van der Waals surface area contributed by atoms with E-state index in [0.717, 1.165) is 6.42 Å². The summed E-state index contributed by atoms with van der Waals surface area (Å²) >= 11 is 1.73. The first-order valence-electron chi connectivity index (χ1n) is 6.09. The van der Waals surface area contributed by atoms with Crippen molar-refractivity contribution in [1.82, 2.24) is 4.90 Å². The van der Waals surface area contributed by atoms with Gasteiger partial charge in [0.05, 0.1) is 11.3 Å². The van der Waals surface area contributed by atoms with Gasteiger partial charge in [-0.05, 0) is 35.6 Å². The lowest BCUT2D eigenvalue weighted by molar-refractivity contribution is 0.0733. The van der Waals surface area contributed by atoms with Crippen molar-refractivity contribution in [2.24, 2.45) is 0 Å². The molecule has 1 aromatic heterocycles. The highest BCUT2D eigenvalue weighted by Gasteiger charge is 2.24. The van der Waals surface area contributed by atoms with E-state index >= 15 is 0 Å². The first-order chi connectivity index (χ1) is 9.16. The number of nitrogens with zero attached hydrogens (tertiary/aromatic N) is 1. The fraction of sp³-hybridized carbons (Fsp3) is 0.214. The van der Waals surface area contributed by atoms with Gasteiger partial charge in [0.1, 0.15) is 0 Å². The van der Waals surface area contributed by atoms with E-state index < -0.39 is 0 Å². The Hall–Kier alpha value is -2.01. The van der Waals surface area contributed by atoms with Gasteiger partial charge in [0.2, 0.25) is 0 Å². The second-order valence-electron chi connectivity index (χ2n) is 4.59. The number of hydrogen-bond donors (Lipinski definition) is 2. The first kappa shape index (κ1) is 12.0. The molecule has 1 aliphatic heterocycles. The number of amides is 1. The van der Waals surface area contributed by atoms with Crippen molar-refractivity contribution in [3.8, 4) is 5.75 Å². The number of phenolic OH excluding ortho intramolecular Hbond substituents is 1. The Balaban J connectivity index is 1.88. The molecule has 2 heterocycles. The predicted molar refractivity (Wildman–Crippen MR) is 75.3 cm³/mol. The molecule has 98 valence electrons. The van der Waals surface area contributed by atoms with Crippen LogP contribution in [0.25, 0.3) is 0 Å². The zero-order valence-electron chi connectivity index (χ0n) is 10.3. The normalized spacial score (nSPS) is 14.2. The van der Waals surface area contributed by atoms with Gasteiger partial charge in [0.15, 0.2) is 5.75 Å². The van der Waals surface area contributed by atoms with Gasteiger partial charge in [-0.25, -0.2) is 0 Å². The summed E-state index contributed by atoms with van der Waals surface area (Å²) in [6.07, 6.45) is 0.877. The lowest BCUT2D eigenvalue weighted by atomic mass is 10.1. The Morgan fingerprint density at radius 1 is 1.37 bits per heavy atom. The monoisotopic (exact) mass is 274 g/mol. The molecule has 0 aliphatic carbocycles. The van der Waals surface area contributed by atoms with Gasteiger partial charge in [-0.2, -0.15) is 0 Å². The van der Waals surface area contributed by atoms with Crippen molar-refractivity contribution >= 4 is 22.9 Å². The van der Waals surface area contributed by atoms with Gasteiger partial charge >= 0.3 is 0 Å². The lowest BCUT2D eigenvalue weighted by Crippen LogP contribution is -2.35. The van der Waals surface area contributed by atoms with E-state index in [4.69, 9.17) is 5.73 Å². The van der Waals surface area contributed by atoms with Gasteiger partial charge in [-0.3, -0.25) is 4.79 Å². The van der Waals surface area contributed by atoms with Crippen LogP contribution in [0, 0.1) is 0 Å². The minimum absolute atomic E-state index is 0.122. The van der Waals surface area contributed by atoms with Crippen molar-refractivity contribution in [2.45, 2.75) is 13.0 Å². The molecule has 1 amide bonds. The van der Waals surface area contributed by atoms with E-state index in [0.29, 0.717) is 13.1 Å². The van der Waals surface area contributed by atoms with Gasteiger partial charge in [-0.1, -0.05) is 6.07 Å². The number of thiophene rings is 1. The van der Waals surface area contributed by atoms with E-state index in [2.05, 4.69) is 11.4 Å². The third-order valence-electron chi connectivity index (χ3n) is 3.39. The molecule has 2 aromatic rings. The van der Waals surface area contributed by atoms with Crippen LogP contribution in [-0.4, -0.2) is 22.5 Å². The fourth-order valence-electron chi connectivity index (χ4n) is 2.33. The summed E-state index contributed by atoms with van der Waals surface area (Å²) in [5.41, 5.74) is 7.34. The Morgan fingerprint density at radius 3 is 3.05 bits per heavy atom. The molecule has 0 saturated carbocycles. The number of rotatable bonds is 1. The maximum absolute atomic E-state index is 12.4. The molecule has 1 aromatic carbocycles. The summed E-state index contributed by atoms with van der Waals surface area (Å²) in [6.45, 7) is 1.28. The van der Waals surface area contributed by atoms with Crippen LogP contribution < -0.4 is 5.73 Å². The molecule has 3 N–H and O–H groups in total. The molecule has 0 radical (unpaired) electrons. The molecule has 1 aliphatic rings. The lowest BCUT2D eigenvalue weighted by Gasteiger charge is -2.27. The highest BCUT2D eigenvalue weighted by atomic mass is 32.1. The average molecular weight is 274 g/mol. The number of phenols is 1. The van der Waals surface area contributed by atoms with E-state index in [1.807, 2.05) is 0 Å². The summed E-state index contributed by atoms with van der Waals surface area (Å²) < 4.78 is 0. The molecule has 5 heteroatoms. The summed E-state index contributed by atoms with van der Waals surface area (Å²) in [5, 5.41) is 11.9. The standard InChI is InChI=1S/C14H14N2O2S/c15-11-3-1-2-10(13(11)17)14(18)16-6-4-12-9(8-16)5-7-19-12/h1-3,5,7,17H,4,6,8,15H2. The highest BCUT2D eigenvalue weighted by molar-refractivity contribution is 7.10. The Labute approximate surface area is 115 Å². The van der Waals surface area contributed by atoms with E-state index in [1.54, 1.807) is 34.4 Å². The minimum atomic E-state index is -0.165. The van der Waals surface area contributed by atoms with Gasteiger partial charge < -0.3 is 15.7 Å². The van der Waals surface area contributed by atoms with Crippen LogP contribution in [0.15, 0.2) is 29.6 Å². The number of fused-ring (bicyclic) bond motifs is 1. The first-order valence-corrected chi connectivity index (χ1v) is 6.97. The molecule has 0 fully saturated rings. The summed E-state index contributed by atoms with van der Waals surface area (Å²) in [6, 6.07) is 6.93. The molecule has 0 unspecified atom stereocenters. The van der Waals surface area contributed by atoms with Crippen molar-refractivity contribution in [2.75, 3.05) is 12.3 Å². The molecule has 19 heavy (non-hydrogen) atoms. The smallest absolute Gasteiger partial charge is 0.258 e. The number of para-hydroxylation sites is 1. The van der Waals surface area contributed by atoms with Gasteiger partial charge in [0, 0.05) is 18.0 Å². The zero-order chi connectivity index (χ0) is 13.4. The van der Waals surface area contributed by atoms with Crippen LogP contribution in [0.5, 0.6) is 5.75 Å². The number of nitrogens with two attached hydrogens (primary N) is 1. The predicted octanol–water partition coefficient (Wildman–Crippen LogP) is 2.23.